The van der Waals surface area contributed by atoms with Gasteiger partial charge in [0.05, 0.1) is 27.0 Å². The van der Waals surface area contributed by atoms with Crippen molar-refractivity contribution in [2.24, 2.45) is 5.92 Å². The Hall–Kier alpha value is -0.440. The molecule has 1 saturated carbocycles. The Morgan fingerprint density at radius 1 is 1.33 bits per heavy atom. The van der Waals surface area contributed by atoms with Gasteiger partial charge in [0.2, 0.25) is 0 Å². The Bertz CT molecular complexity index is 606. The molecular weight excluding hydrogens is 291 g/mol. The highest BCUT2D eigenvalue weighted by Crippen LogP contribution is 2.48. The van der Waals surface area contributed by atoms with Crippen molar-refractivity contribution >= 4 is 45.8 Å². The van der Waals surface area contributed by atoms with E-state index in [1.165, 1.54) is 12.8 Å². The zero-order valence-electron chi connectivity index (χ0n) is 9.96. The predicted octanol–water partition coefficient (Wildman–Crippen LogP) is 5.05. The molecule has 0 spiro atoms. The van der Waals surface area contributed by atoms with E-state index in [1.54, 1.807) is 0 Å². The van der Waals surface area contributed by atoms with Crippen molar-refractivity contribution in [3.05, 3.63) is 28.0 Å². The van der Waals surface area contributed by atoms with Crippen LogP contribution in [0, 0.1) is 5.92 Å². The minimum Gasteiger partial charge on any atom is -0.324 e. The van der Waals surface area contributed by atoms with Crippen molar-refractivity contribution in [1.29, 1.82) is 0 Å². The summed E-state index contributed by atoms with van der Waals surface area (Å²) in [6, 6.07) is 4.23. The van der Waals surface area contributed by atoms with E-state index in [4.69, 9.17) is 34.8 Å². The lowest BCUT2D eigenvalue weighted by Crippen LogP contribution is -2.01. The molecule has 0 aliphatic heterocycles. The fourth-order valence-corrected chi connectivity index (χ4v) is 3.10. The van der Waals surface area contributed by atoms with Crippen molar-refractivity contribution in [3.8, 4) is 0 Å². The maximum absolute atomic E-state index is 6.10. The molecule has 0 bridgehead atoms. The first-order chi connectivity index (χ1) is 8.65. The maximum Gasteiger partial charge on any atom is 0.125 e. The van der Waals surface area contributed by atoms with Crippen LogP contribution in [0.5, 0.6) is 0 Å². The number of rotatable bonds is 3. The monoisotopic (exact) mass is 302 g/mol. The minimum absolute atomic E-state index is 0.414. The summed E-state index contributed by atoms with van der Waals surface area (Å²) in [5.41, 5.74) is 1.92. The van der Waals surface area contributed by atoms with E-state index >= 15 is 0 Å². The summed E-state index contributed by atoms with van der Waals surface area (Å²) in [6.07, 6.45) is 2.39. The fraction of sp³-hybridized carbons (Fsp3) is 0.462. The zero-order chi connectivity index (χ0) is 12.9. The van der Waals surface area contributed by atoms with Crippen LogP contribution >= 0.6 is 34.8 Å². The first kappa shape index (κ1) is 12.6. The zero-order valence-corrected chi connectivity index (χ0v) is 12.2. The minimum atomic E-state index is 0.414. The summed E-state index contributed by atoms with van der Waals surface area (Å²) in [7, 11) is 0. The van der Waals surface area contributed by atoms with Crippen molar-refractivity contribution < 1.29 is 0 Å². The van der Waals surface area contributed by atoms with E-state index in [0.717, 1.165) is 22.8 Å². The van der Waals surface area contributed by atoms with E-state index in [-0.39, 0.29) is 0 Å². The van der Waals surface area contributed by atoms with Crippen LogP contribution in [-0.2, 0) is 5.88 Å². The smallest absolute Gasteiger partial charge is 0.125 e. The van der Waals surface area contributed by atoms with E-state index in [2.05, 4.69) is 16.5 Å². The molecule has 1 aromatic carbocycles. The molecule has 1 aromatic heterocycles. The number of imidazole rings is 1. The first-order valence-corrected chi connectivity index (χ1v) is 7.36. The summed E-state index contributed by atoms with van der Waals surface area (Å²) in [4.78, 5) is 4.55. The van der Waals surface area contributed by atoms with Crippen LogP contribution in [0.3, 0.4) is 0 Å². The Kier molecular flexibility index (Phi) is 3.21. The molecule has 18 heavy (non-hydrogen) atoms. The van der Waals surface area contributed by atoms with Crippen LogP contribution in [0.1, 0.15) is 31.6 Å². The molecule has 1 heterocycles. The molecule has 2 nitrogen and oxygen atoms in total. The van der Waals surface area contributed by atoms with Crippen LogP contribution in [0.2, 0.25) is 10.0 Å². The lowest BCUT2D eigenvalue weighted by Gasteiger charge is -2.07. The van der Waals surface area contributed by atoms with Gasteiger partial charge in [-0.3, -0.25) is 0 Å². The van der Waals surface area contributed by atoms with Gasteiger partial charge < -0.3 is 4.57 Å². The van der Waals surface area contributed by atoms with Gasteiger partial charge in [0.25, 0.3) is 0 Å². The van der Waals surface area contributed by atoms with Gasteiger partial charge in [0, 0.05) is 6.04 Å². The van der Waals surface area contributed by atoms with E-state index in [1.807, 2.05) is 12.1 Å². The topological polar surface area (TPSA) is 17.8 Å². The molecule has 2 atom stereocenters. The molecule has 1 fully saturated rings. The highest BCUT2D eigenvalue weighted by Gasteiger charge is 2.39. The molecule has 0 N–H and O–H groups in total. The molecule has 2 unspecified atom stereocenters. The average Bonchev–Trinajstić information content (AvgIpc) is 3.05. The highest BCUT2D eigenvalue weighted by atomic mass is 35.5. The second kappa shape index (κ2) is 4.59. The van der Waals surface area contributed by atoms with Crippen LogP contribution in [0.4, 0.5) is 0 Å². The lowest BCUT2D eigenvalue weighted by atomic mass is 10.3. The molecule has 0 radical (unpaired) electrons. The van der Waals surface area contributed by atoms with Crippen LogP contribution < -0.4 is 0 Å². The summed E-state index contributed by atoms with van der Waals surface area (Å²) >= 11 is 18.1. The van der Waals surface area contributed by atoms with Gasteiger partial charge in [0.1, 0.15) is 5.82 Å². The third kappa shape index (κ3) is 1.91. The third-order valence-corrected chi connectivity index (χ3v) is 4.63. The first-order valence-electron chi connectivity index (χ1n) is 6.07. The molecule has 0 amide bonds. The fourth-order valence-electron chi connectivity index (χ4n) is 2.59. The molecule has 2 aromatic rings. The quantitative estimate of drug-likeness (QED) is 0.725. The second-order valence-electron chi connectivity index (χ2n) is 4.76. The lowest BCUT2D eigenvalue weighted by molar-refractivity contribution is 0.637. The SMILES string of the molecule is CCC1CC1n1c(CCl)nc2cc(Cl)c(Cl)cc21. The van der Waals surface area contributed by atoms with Crippen molar-refractivity contribution in [2.75, 3.05) is 0 Å². The highest BCUT2D eigenvalue weighted by molar-refractivity contribution is 6.42. The third-order valence-electron chi connectivity index (χ3n) is 3.67. The maximum atomic E-state index is 6.10. The van der Waals surface area contributed by atoms with E-state index in [9.17, 15) is 0 Å². The Labute approximate surface area is 121 Å². The number of fused-ring (bicyclic) bond motifs is 1. The number of nitrogens with zero attached hydrogens (tertiary/aromatic N) is 2. The van der Waals surface area contributed by atoms with Crippen molar-refractivity contribution in [2.45, 2.75) is 31.7 Å². The molecule has 3 rings (SSSR count). The molecule has 5 heteroatoms. The van der Waals surface area contributed by atoms with Crippen molar-refractivity contribution in [1.82, 2.24) is 9.55 Å². The van der Waals surface area contributed by atoms with Gasteiger partial charge in [-0.2, -0.15) is 0 Å². The Morgan fingerprint density at radius 2 is 2.06 bits per heavy atom. The number of hydrogen-bond acceptors (Lipinski definition) is 1. The summed E-state index contributed by atoms with van der Waals surface area (Å²) in [6.45, 7) is 2.22. The second-order valence-corrected chi connectivity index (χ2v) is 5.84. The molecule has 1 aliphatic carbocycles. The van der Waals surface area contributed by atoms with Crippen LogP contribution in [-0.4, -0.2) is 9.55 Å². The van der Waals surface area contributed by atoms with Gasteiger partial charge in [0.15, 0.2) is 0 Å². The van der Waals surface area contributed by atoms with Crippen molar-refractivity contribution in [3.63, 3.8) is 0 Å². The largest absolute Gasteiger partial charge is 0.324 e. The van der Waals surface area contributed by atoms with Gasteiger partial charge in [-0.05, 0) is 24.5 Å². The van der Waals surface area contributed by atoms with Gasteiger partial charge in [-0.1, -0.05) is 36.5 Å². The van der Waals surface area contributed by atoms with Gasteiger partial charge in [-0.25, -0.2) is 4.98 Å². The number of halogens is 3. The summed E-state index contributed by atoms with van der Waals surface area (Å²) < 4.78 is 2.23. The van der Waals surface area contributed by atoms with Crippen LogP contribution in [0.25, 0.3) is 11.0 Å². The van der Waals surface area contributed by atoms with Crippen LogP contribution in [0.15, 0.2) is 12.1 Å². The predicted molar refractivity (Wildman–Crippen MR) is 76.7 cm³/mol. The van der Waals surface area contributed by atoms with E-state index < -0.39 is 0 Å². The molecule has 0 saturated heterocycles. The Balaban J connectivity index is 2.18. The molecule has 1 aliphatic rings. The number of benzene rings is 1. The average molecular weight is 304 g/mol. The molecular formula is C13H13Cl3N2. The summed E-state index contributed by atoms with van der Waals surface area (Å²) in [5.74, 6) is 2.06. The van der Waals surface area contributed by atoms with Gasteiger partial charge in [-0.15, -0.1) is 11.6 Å². The normalized spacial score (nSPS) is 22.7. The van der Waals surface area contributed by atoms with E-state index in [0.29, 0.717) is 22.0 Å². The Morgan fingerprint density at radius 3 is 2.67 bits per heavy atom. The standard InChI is InChI=1S/C13H13Cl3N2/c1-2-7-3-11(7)18-12-5-9(16)8(15)4-10(12)17-13(18)6-14/h4-5,7,11H,2-3,6H2,1H3. The number of hydrogen-bond donors (Lipinski definition) is 0. The van der Waals surface area contributed by atoms with Gasteiger partial charge >= 0.3 is 0 Å². The molecule has 96 valence electrons. The number of alkyl halides is 1. The summed E-state index contributed by atoms with van der Waals surface area (Å²) in [5, 5.41) is 1.11. The number of aromatic nitrogens is 2.